The van der Waals surface area contributed by atoms with E-state index in [2.05, 4.69) is 46.1 Å². The number of rotatable bonds is 7. The van der Waals surface area contributed by atoms with Gasteiger partial charge in [0.2, 0.25) is 0 Å². The Morgan fingerprint density at radius 2 is 1.95 bits per heavy atom. The van der Waals surface area contributed by atoms with E-state index >= 15 is 0 Å². The van der Waals surface area contributed by atoms with Crippen molar-refractivity contribution in [3.05, 3.63) is 47.6 Å². The topological polar surface area (TPSA) is 70.1 Å². The van der Waals surface area contributed by atoms with Crippen LogP contribution in [0.25, 0.3) is 0 Å². The summed E-state index contributed by atoms with van der Waals surface area (Å²) in [6.45, 7) is 12.0. The molecule has 0 saturated carbocycles. The summed E-state index contributed by atoms with van der Waals surface area (Å²) in [5, 5.41) is 16.7. The Labute approximate surface area is 135 Å². The molecule has 0 aromatic rings. The van der Waals surface area contributed by atoms with Crippen LogP contribution in [0, 0.1) is 17.2 Å². The van der Waals surface area contributed by atoms with Crippen molar-refractivity contribution in [1.82, 2.24) is 0 Å². The molecule has 0 radical (unpaired) electrons. The van der Waals surface area contributed by atoms with Gasteiger partial charge in [-0.2, -0.15) is 12.6 Å². The number of thiol groups is 1. The average molecular weight is 311 g/mol. The lowest BCUT2D eigenvalue weighted by Crippen LogP contribution is -2.07. The predicted molar refractivity (Wildman–Crippen MR) is 97.9 cm³/mol. The van der Waals surface area contributed by atoms with E-state index in [0.717, 1.165) is 18.3 Å². The molecule has 0 saturated heterocycles. The SMILES string of the molecule is C/C(O)=C/C(=N)N.C=C/C=C(\C=C/S)CC(C)C(C)CC. The van der Waals surface area contributed by atoms with Gasteiger partial charge in [-0.05, 0) is 36.2 Å². The van der Waals surface area contributed by atoms with Crippen LogP contribution in [0.2, 0.25) is 0 Å². The lowest BCUT2D eigenvalue weighted by Gasteiger charge is -2.18. The van der Waals surface area contributed by atoms with Crippen molar-refractivity contribution < 1.29 is 5.11 Å². The van der Waals surface area contributed by atoms with Gasteiger partial charge in [-0.25, -0.2) is 0 Å². The highest BCUT2D eigenvalue weighted by Crippen LogP contribution is 2.22. The maximum absolute atomic E-state index is 8.36. The van der Waals surface area contributed by atoms with Crippen LogP contribution in [0.15, 0.2) is 47.6 Å². The molecule has 0 spiro atoms. The van der Waals surface area contributed by atoms with Gasteiger partial charge in [0.25, 0.3) is 0 Å². The van der Waals surface area contributed by atoms with Crippen LogP contribution in [0.5, 0.6) is 0 Å². The van der Waals surface area contributed by atoms with Crippen molar-refractivity contribution in [2.75, 3.05) is 0 Å². The normalized spacial score (nSPS) is 15.1. The number of nitrogens with one attached hydrogen (secondary N) is 1. The zero-order chi connectivity index (χ0) is 16.8. The summed E-state index contributed by atoms with van der Waals surface area (Å²) in [6.07, 6.45) is 9.47. The minimum atomic E-state index is -0.125. The van der Waals surface area contributed by atoms with Crippen molar-refractivity contribution in [3.8, 4) is 0 Å². The number of amidine groups is 1. The quantitative estimate of drug-likeness (QED) is 0.176. The van der Waals surface area contributed by atoms with E-state index in [4.69, 9.17) is 16.2 Å². The number of hydrogen-bond donors (Lipinski definition) is 4. The van der Waals surface area contributed by atoms with Gasteiger partial charge in [-0.1, -0.05) is 52.0 Å². The van der Waals surface area contributed by atoms with Crippen LogP contribution in [0.4, 0.5) is 0 Å². The second-order valence-electron chi connectivity index (χ2n) is 5.10. The van der Waals surface area contributed by atoms with Gasteiger partial charge in [-0.3, -0.25) is 5.41 Å². The van der Waals surface area contributed by atoms with Crippen molar-refractivity contribution in [1.29, 1.82) is 5.41 Å². The molecule has 2 atom stereocenters. The van der Waals surface area contributed by atoms with Gasteiger partial charge in [-0.15, -0.1) is 0 Å². The van der Waals surface area contributed by atoms with Crippen molar-refractivity contribution >= 4 is 18.5 Å². The lowest BCUT2D eigenvalue weighted by molar-refractivity contribution is 0.376. The molecule has 0 rings (SSSR count). The first-order valence-electron chi connectivity index (χ1n) is 7.12. The molecule has 0 aromatic heterocycles. The second-order valence-corrected chi connectivity index (χ2v) is 5.40. The van der Waals surface area contributed by atoms with Crippen molar-refractivity contribution in [2.24, 2.45) is 17.6 Å². The first-order valence-corrected chi connectivity index (χ1v) is 7.63. The molecule has 21 heavy (non-hydrogen) atoms. The molecular formula is C17H30N2OS. The first-order chi connectivity index (χ1) is 9.78. The summed E-state index contributed by atoms with van der Waals surface area (Å²) >= 11 is 4.09. The smallest absolute Gasteiger partial charge is 0.118 e. The van der Waals surface area contributed by atoms with Crippen molar-refractivity contribution in [2.45, 2.75) is 40.5 Å². The van der Waals surface area contributed by atoms with E-state index in [1.807, 2.05) is 12.2 Å². The van der Waals surface area contributed by atoms with E-state index in [9.17, 15) is 0 Å². The fourth-order valence-corrected chi connectivity index (χ4v) is 1.83. The largest absolute Gasteiger partial charge is 0.512 e. The summed E-state index contributed by atoms with van der Waals surface area (Å²) in [7, 11) is 0. The summed E-state index contributed by atoms with van der Waals surface area (Å²) < 4.78 is 0. The van der Waals surface area contributed by atoms with E-state index in [1.165, 1.54) is 25.0 Å². The number of hydrogen-bond acceptors (Lipinski definition) is 3. The van der Waals surface area contributed by atoms with Gasteiger partial charge >= 0.3 is 0 Å². The van der Waals surface area contributed by atoms with Crippen LogP contribution in [0.3, 0.4) is 0 Å². The minimum Gasteiger partial charge on any atom is -0.512 e. The average Bonchev–Trinajstić information content (AvgIpc) is 2.37. The Balaban J connectivity index is 0. The number of nitrogens with two attached hydrogens (primary N) is 1. The fourth-order valence-electron chi connectivity index (χ4n) is 1.64. The highest BCUT2D eigenvalue weighted by Gasteiger charge is 2.10. The number of allylic oxidation sites excluding steroid dienone is 5. The molecule has 0 aromatic carbocycles. The zero-order valence-corrected chi connectivity index (χ0v) is 14.5. The van der Waals surface area contributed by atoms with Crippen LogP contribution >= 0.6 is 12.6 Å². The molecule has 0 aliphatic heterocycles. The molecule has 2 unspecified atom stereocenters. The molecular weight excluding hydrogens is 280 g/mol. The van der Waals surface area contributed by atoms with Crippen LogP contribution in [-0.2, 0) is 0 Å². The Morgan fingerprint density at radius 1 is 1.38 bits per heavy atom. The Hall–Kier alpha value is -1.42. The predicted octanol–water partition coefficient (Wildman–Crippen LogP) is 5.00. The van der Waals surface area contributed by atoms with Gasteiger partial charge in [0.05, 0.1) is 5.76 Å². The monoisotopic (exact) mass is 310 g/mol. The maximum Gasteiger partial charge on any atom is 0.118 e. The lowest BCUT2D eigenvalue weighted by atomic mass is 9.88. The summed E-state index contributed by atoms with van der Waals surface area (Å²) in [4.78, 5) is 0. The van der Waals surface area contributed by atoms with Gasteiger partial charge in [0, 0.05) is 6.08 Å². The van der Waals surface area contributed by atoms with Crippen LogP contribution in [0.1, 0.15) is 40.5 Å². The van der Waals surface area contributed by atoms with E-state index in [1.54, 1.807) is 5.41 Å². The van der Waals surface area contributed by atoms with Crippen LogP contribution < -0.4 is 5.73 Å². The third-order valence-corrected chi connectivity index (χ3v) is 3.31. The van der Waals surface area contributed by atoms with Crippen LogP contribution in [-0.4, -0.2) is 10.9 Å². The van der Waals surface area contributed by atoms with E-state index in [-0.39, 0.29) is 11.6 Å². The summed E-state index contributed by atoms with van der Waals surface area (Å²) in [5.74, 6) is 1.43. The molecule has 4 heteroatoms. The molecule has 120 valence electrons. The molecule has 3 nitrogen and oxygen atoms in total. The third-order valence-electron chi connectivity index (χ3n) is 3.16. The summed E-state index contributed by atoms with van der Waals surface area (Å²) in [5.41, 5.74) is 6.15. The minimum absolute atomic E-state index is 0.0625. The van der Waals surface area contributed by atoms with E-state index in [0.29, 0.717) is 0 Å². The van der Waals surface area contributed by atoms with E-state index < -0.39 is 0 Å². The van der Waals surface area contributed by atoms with Gasteiger partial charge < -0.3 is 10.8 Å². The Bertz CT molecular complexity index is 394. The molecule has 0 heterocycles. The van der Waals surface area contributed by atoms with Gasteiger partial charge in [0.1, 0.15) is 5.84 Å². The Morgan fingerprint density at radius 3 is 2.24 bits per heavy atom. The summed E-state index contributed by atoms with van der Waals surface area (Å²) in [6, 6.07) is 0. The molecule has 0 amide bonds. The van der Waals surface area contributed by atoms with Crippen molar-refractivity contribution in [3.63, 3.8) is 0 Å². The molecule has 0 fully saturated rings. The number of aliphatic hydroxyl groups is 1. The molecule has 0 bridgehead atoms. The third kappa shape index (κ3) is 14.8. The first kappa shape index (κ1) is 21.9. The molecule has 0 aliphatic rings. The maximum atomic E-state index is 8.36. The molecule has 0 aliphatic carbocycles. The highest BCUT2D eigenvalue weighted by atomic mass is 32.1. The van der Waals surface area contributed by atoms with Gasteiger partial charge in [0.15, 0.2) is 0 Å². The second kappa shape index (κ2) is 13.6. The number of aliphatic hydroxyl groups excluding tert-OH is 1. The molecule has 4 N–H and O–H groups in total. The fraction of sp³-hybridized carbons (Fsp3) is 0.471. The highest BCUT2D eigenvalue weighted by molar-refractivity contribution is 7.83. The zero-order valence-electron chi connectivity index (χ0n) is 13.6. The standard InChI is InChI=1S/C13H22S.C4H8N2O/c1-5-7-13(8-9-14)10-12(4)11(3)6-2;1-3(7)2-4(5)6/h5,7-9,11-12,14H,1,6,10H2,2-4H3;2,7H,1H3,(H3,5,6)/b9-8-,13-7+;3-2-. The Kier molecular flexibility index (Phi) is 14.1.